The minimum absolute atomic E-state index is 0.854. The van der Waals surface area contributed by atoms with Crippen LogP contribution < -0.4 is 5.32 Å². The number of hydrogen-bond donors (Lipinski definition) is 1. The molecule has 3 nitrogen and oxygen atoms in total. The van der Waals surface area contributed by atoms with Gasteiger partial charge in [0.1, 0.15) is 0 Å². The minimum atomic E-state index is 0.854. The summed E-state index contributed by atoms with van der Waals surface area (Å²) in [5.74, 6) is 0.866. The highest BCUT2D eigenvalue weighted by atomic mass is 15.2. The molecule has 2 aromatic carbocycles. The fraction of sp³-hybridized carbons (Fsp3) is 0.222. The minimum Gasteiger partial charge on any atom is -0.368 e. The summed E-state index contributed by atoms with van der Waals surface area (Å²) in [7, 11) is 0. The zero-order valence-electron chi connectivity index (χ0n) is 12.4. The molecule has 0 saturated heterocycles. The van der Waals surface area contributed by atoms with Crippen molar-refractivity contribution in [1.82, 2.24) is 10.2 Å². The van der Waals surface area contributed by atoms with Gasteiger partial charge in [-0.15, -0.1) is 5.10 Å². The fourth-order valence-corrected chi connectivity index (χ4v) is 2.57. The maximum Gasteiger partial charge on any atom is 0.156 e. The number of aromatic nitrogens is 2. The molecule has 0 bridgehead atoms. The maximum atomic E-state index is 4.30. The van der Waals surface area contributed by atoms with Crippen LogP contribution in [0, 0.1) is 13.8 Å². The topological polar surface area (TPSA) is 37.8 Å². The Hall–Kier alpha value is -2.42. The third-order valence-corrected chi connectivity index (χ3v) is 3.82. The van der Waals surface area contributed by atoms with Gasteiger partial charge >= 0.3 is 0 Å². The molecule has 3 heteroatoms. The Morgan fingerprint density at radius 2 is 1.57 bits per heavy atom. The average Bonchev–Trinajstić information content (AvgIpc) is 2.52. The summed E-state index contributed by atoms with van der Waals surface area (Å²) in [6.07, 6.45) is 0.983. The van der Waals surface area contributed by atoms with E-state index in [1.807, 2.05) is 19.1 Å². The van der Waals surface area contributed by atoms with Crippen LogP contribution in [-0.4, -0.2) is 16.7 Å². The average molecular weight is 277 g/mol. The normalized spacial score (nSPS) is 10.8. The quantitative estimate of drug-likeness (QED) is 0.786. The number of benzene rings is 2. The monoisotopic (exact) mass is 277 g/mol. The standard InChI is InChI=1S/C18H19N3/c1-13-7-3-4-8-15(13)11-12-19-18-17-10-6-5-9-16(17)14(2)20-21-18/h3-10H,11-12H2,1-2H3,(H,19,21). The molecule has 0 fully saturated rings. The second-order valence-electron chi connectivity index (χ2n) is 5.28. The molecular formula is C18H19N3. The van der Waals surface area contributed by atoms with Crippen LogP contribution in [0.15, 0.2) is 48.5 Å². The van der Waals surface area contributed by atoms with Crippen molar-refractivity contribution in [2.24, 2.45) is 0 Å². The highest BCUT2D eigenvalue weighted by Gasteiger charge is 2.05. The van der Waals surface area contributed by atoms with Crippen molar-refractivity contribution in [3.8, 4) is 0 Å². The molecule has 3 aromatic rings. The molecule has 0 unspecified atom stereocenters. The van der Waals surface area contributed by atoms with Crippen molar-refractivity contribution in [3.05, 3.63) is 65.4 Å². The first-order valence-corrected chi connectivity index (χ1v) is 7.26. The van der Waals surface area contributed by atoms with Crippen molar-refractivity contribution < 1.29 is 0 Å². The Balaban J connectivity index is 1.77. The summed E-state index contributed by atoms with van der Waals surface area (Å²) < 4.78 is 0. The van der Waals surface area contributed by atoms with Crippen molar-refractivity contribution in [2.45, 2.75) is 20.3 Å². The second-order valence-corrected chi connectivity index (χ2v) is 5.28. The highest BCUT2D eigenvalue weighted by molar-refractivity contribution is 5.92. The molecule has 21 heavy (non-hydrogen) atoms. The van der Waals surface area contributed by atoms with E-state index in [0.717, 1.165) is 35.2 Å². The molecule has 0 aliphatic carbocycles. The number of anilines is 1. The van der Waals surface area contributed by atoms with Gasteiger partial charge in [0.15, 0.2) is 5.82 Å². The third-order valence-electron chi connectivity index (χ3n) is 3.82. The highest BCUT2D eigenvalue weighted by Crippen LogP contribution is 2.22. The van der Waals surface area contributed by atoms with Crippen LogP contribution in [0.2, 0.25) is 0 Å². The van der Waals surface area contributed by atoms with Gasteiger partial charge in [-0.3, -0.25) is 0 Å². The van der Waals surface area contributed by atoms with Gasteiger partial charge in [-0.25, -0.2) is 0 Å². The molecule has 0 saturated carbocycles. The van der Waals surface area contributed by atoms with Gasteiger partial charge in [0.25, 0.3) is 0 Å². The van der Waals surface area contributed by atoms with Crippen molar-refractivity contribution in [2.75, 3.05) is 11.9 Å². The lowest BCUT2D eigenvalue weighted by atomic mass is 10.1. The van der Waals surface area contributed by atoms with Crippen molar-refractivity contribution in [1.29, 1.82) is 0 Å². The lowest BCUT2D eigenvalue weighted by Crippen LogP contribution is -2.08. The second kappa shape index (κ2) is 5.92. The van der Waals surface area contributed by atoms with Gasteiger partial charge in [-0.1, -0.05) is 48.5 Å². The Bertz CT molecular complexity index is 765. The van der Waals surface area contributed by atoms with E-state index in [-0.39, 0.29) is 0 Å². The largest absolute Gasteiger partial charge is 0.368 e. The predicted octanol–water partition coefficient (Wildman–Crippen LogP) is 3.90. The van der Waals surface area contributed by atoms with Gasteiger partial charge < -0.3 is 5.32 Å². The van der Waals surface area contributed by atoms with Gasteiger partial charge in [-0.05, 0) is 31.4 Å². The molecular weight excluding hydrogens is 258 g/mol. The first-order valence-electron chi connectivity index (χ1n) is 7.26. The number of hydrogen-bond acceptors (Lipinski definition) is 3. The molecule has 1 N–H and O–H groups in total. The van der Waals surface area contributed by atoms with Crippen LogP contribution in [-0.2, 0) is 6.42 Å². The summed E-state index contributed by atoms with van der Waals surface area (Å²) in [4.78, 5) is 0. The van der Waals surface area contributed by atoms with Crippen molar-refractivity contribution >= 4 is 16.6 Å². The Labute approximate surface area is 125 Å². The van der Waals surface area contributed by atoms with Crippen LogP contribution in [0.5, 0.6) is 0 Å². The molecule has 0 amide bonds. The van der Waals surface area contributed by atoms with E-state index in [1.54, 1.807) is 0 Å². The zero-order valence-corrected chi connectivity index (χ0v) is 12.4. The molecule has 0 radical (unpaired) electrons. The van der Waals surface area contributed by atoms with Crippen molar-refractivity contribution in [3.63, 3.8) is 0 Å². The first-order chi connectivity index (χ1) is 10.3. The molecule has 106 valence electrons. The molecule has 1 heterocycles. The lowest BCUT2D eigenvalue weighted by molar-refractivity contribution is 0.954. The first kappa shape index (κ1) is 13.6. The van der Waals surface area contributed by atoms with E-state index in [1.165, 1.54) is 11.1 Å². The molecule has 0 aliphatic rings. The van der Waals surface area contributed by atoms with Gasteiger partial charge in [0, 0.05) is 17.3 Å². The number of rotatable bonds is 4. The summed E-state index contributed by atoms with van der Waals surface area (Å²) in [6, 6.07) is 16.7. The van der Waals surface area contributed by atoms with Crippen LogP contribution in [0.3, 0.4) is 0 Å². The van der Waals surface area contributed by atoms with E-state index < -0.39 is 0 Å². The third kappa shape index (κ3) is 2.87. The van der Waals surface area contributed by atoms with E-state index in [0.29, 0.717) is 0 Å². The number of nitrogens with zero attached hydrogens (tertiary/aromatic N) is 2. The molecule has 3 rings (SSSR count). The van der Waals surface area contributed by atoms with E-state index in [2.05, 4.69) is 58.8 Å². The van der Waals surface area contributed by atoms with Gasteiger partial charge in [-0.2, -0.15) is 5.10 Å². The van der Waals surface area contributed by atoms with E-state index in [4.69, 9.17) is 0 Å². The van der Waals surface area contributed by atoms with Crippen LogP contribution in [0.25, 0.3) is 10.8 Å². The predicted molar refractivity (Wildman–Crippen MR) is 87.6 cm³/mol. The molecule has 0 spiro atoms. The number of fused-ring (bicyclic) bond motifs is 1. The zero-order chi connectivity index (χ0) is 14.7. The summed E-state index contributed by atoms with van der Waals surface area (Å²) >= 11 is 0. The summed E-state index contributed by atoms with van der Waals surface area (Å²) in [6.45, 7) is 5.00. The van der Waals surface area contributed by atoms with Crippen LogP contribution in [0.4, 0.5) is 5.82 Å². The Morgan fingerprint density at radius 1 is 0.857 bits per heavy atom. The number of nitrogens with one attached hydrogen (secondary N) is 1. The summed E-state index contributed by atoms with van der Waals surface area (Å²) in [5.41, 5.74) is 3.67. The smallest absolute Gasteiger partial charge is 0.156 e. The summed E-state index contributed by atoms with van der Waals surface area (Å²) in [5, 5.41) is 14.2. The van der Waals surface area contributed by atoms with Crippen LogP contribution >= 0.6 is 0 Å². The van der Waals surface area contributed by atoms with E-state index >= 15 is 0 Å². The molecule has 1 aromatic heterocycles. The molecule has 0 atom stereocenters. The maximum absolute atomic E-state index is 4.30. The van der Waals surface area contributed by atoms with Crippen LogP contribution in [0.1, 0.15) is 16.8 Å². The fourth-order valence-electron chi connectivity index (χ4n) is 2.57. The lowest BCUT2D eigenvalue weighted by Gasteiger charge is -2.10. The Morgan fingerprint density at radius 3 is 2.38 bits per heavy atom. The van der Waals surface area contributed by atoms with Gasteiger partial charge in [0.2, 0.25) is 0 Å². The van der Waals surface area contributed by atoms with Gasteiger partial charge in [0.05, 0.1) is 5.69 Å². The number of aryl methyl sites for hydroxylation is 2. The Kier molecular flexibility index (Phi) is 3.82. The molecule has 0 aliphatic heterocycles. The van der Waals surface area contributed by atoms with E-state index in [9.17, 15) is 0 Å². The SMILES string of the molecule is Cc1ccccc1CCNc1nnc(C)c2ccccc12.